The van der Waals surface area contributed by atoms with E-state index in [-0.39, 0.29) is 10.8 Å². The fourth-order valence-electron chi connectivity index (χ4n) is 2.87. The highest BCUT2D eigenvalue weighted by atomic mass is 79.9. The number of benzene rings is 2. The van der Waals surface area contributed by atoms with E-state index in [9.17, 15) is 13.2 Å². The van der Waals surface area contributed by atoms with Crippen LogP contribution in [0.15, 0.2) is 58.2 Å². The van der Waals surface area contributed by atoms with Gasteiger partial charge in [-0.05, 0) is 39.7 Å². The van der Waals surface area contributed by atoms with Gasteiger partial charge in [-0.25, -0.2) is 8.42 Å². The van der Waals surface area contributed by atoms with Gasteiger partial charge in [0.05, 0.1) is 4.90 Å². The number of amides is 1. The van der Waals surface area contributed by atoms with Crippen molar-refractivity contribution in [2.24, 2.45) is 0 Å². The molecular formula is C17H12BrN3O3S. The second-order valence-corrected chi connectivity index (χ2v) is 8.14. The van der Waals surface area contributed by atoms with E-state index in [1.54, 1.807) is 42.7 Å². The molecule has 25 heavy (non-hydrogen) atoms. The minimum atomic E-state index is -3.84. The first kappa shape index (κ1) is 16.0. The molecule has 0 fully saturated rings. The van der Waals surface area contributed by atoms with E-state index in [0.717, 1.165) is 5.56 Å². The average molecular weight is 418 g/mol. The van der Waals surface area contributed by atoms with Gasteiger partial charge in [0.25, 0.3) is 15.9 Å². The zero-order chi connectivity index (χ0) is 17.6. The molecule has 1 aliphatic heterocycles. The Hall–Kier alpha value is -2.45. The lowest BCUT2D eigenvalue weighted by Crippen LogP contribution is -2.15. The summed E-state index contributed by atoms with van der Waals surface area (Å²) in [6.45, 7) is 0.463. The molecule has 0 spiro atoms. The minimum absolute atomic E-state index is 0.143. The van der Waals surface area contributed by atoms with E-state index >= 15 is 0 Å². The first-order chi connectivity index (χ1) is 12.0. The van der Waals surface area contributed by atoms with Crippen molar-refractivity contribution in [1.29, 1.82) is 0 Å². The Balaban J connectivity index is 1.79. The number of nitrogens with zero attached hydrogens (tertiary/aromatic N) is 1. The molecule has 0 aliphatic carbocycles. The lowest BCUT2D eigenvalue weighted by atomic mass is 10.1. The van der Waals surface area contributed by atoms with Crippen LogP contribution >= 0.6 is 15.9 Å². The van der Waals surface area contributed by atoms with E-state index in [4.69, 9.17) is 0 Å². The van der Waals surface area contributed by atoms with Crippen LogP contribution in [0.4, 0.5) is 5.69 Å². The van der Waals surface area contributed by atoms with Gasteiger partial charge in [-0.3, -0.25) is 14.5 Å². The standard InChI is InChI=1S/C17H12BrN3O3S/c18-14-9-19-7-11-2-1-3-15(16(11)14)25(23,24)21-12-5-4-10-8-20-17(22)13(10)6-12/h1-7,9,21H,8H2,(H,20,22). The summed E-state index contributed by atoms with van der Waals surface area (Å²) in [5.74, 6) is -0.199. The van der Waals surface area contributed by atoms with Gasteiger partial charge in [0.15, 0.2) is 0 Å². The van der Waals surface area contributed by atoms with Gasteiger partial charge in [0, 0.05) is 45.4 Å². The van der Waals surface area contributed by atoms with Crippen molar-refractivity contribution in [3.8, 4) is 0 Å². The van der Waals surface area contributed by atoms with E-state index in [2.05, 4.69) is 31.0 Å². The summed E-state index contributed by atoms with van der Waals surface area (Å²) in [7, 11) is -3.84. The topological polar surface area (TPSA) is 88.2 Å². The van der Waals surface area contributed by atoms with Crippen LogP contribution in [0.5, 0.6) is 0 Å². The Morgan fingerprint density at radius 2 is 2.00 bits per heavy atom. The molecule has 126 valence electrons. The third-order valence-corrected chi connectivity index (χ3v) is 6.06. The van der Waals surface area contributed by atoms with E-state index in [1.807, 2.05) is 0 Å². The molecule has 0 saturated carbocycles. The van der Waals surface area contributed by atoms with Crippen LogP contribution < -0.4 is 10.0 Å². The van der Waals surface area contributed by atoms with Crippen molar-refractivity contribution < 1.29 is 13.2 Å². The van der Waals surface area contributed by atoms with Crippen LogP contribution in [0.2, 0.25) is 0 Å². The number of nitrogens with one attached hydrogen (secondary N) is 2. The van der Waals surface area contributed by atoms with Crippen LogP contribution in [0, 0.1) is 0 Å². The molecule has 0 radical (unpaired) electrons. The zero-order valence-corrected chi connectivity index (χ0v) is 15.2. The Kier molecular flexibility index (Phi) is 3.73. The largest absolute Gasteiger partial charge is 0.348 e. The van der Waals surface area contributed by atoms with Gasteiger partial charge < -0.3 is 5.32 Å². The highest BCUT2D eigenvalue weighted by Gasteiger charge is 2.22. The summed E-state index contributed by atoms with van der Waals surface area (Å²) in [4.78, 5) is 16.0. The SMILES string of the molecule is O=C1NCc2ccc(NS(=O)(=O)c3cccc4cncc(Br)c34)cc21. The lowest BCUT2D eigenvalue weighted by molar-refractivity contribution is 0.0966. The minimum Gasteiger partial charge on any atom is -0.348 e. The molecule has 3 aromatic rings. The van der Waals surface area contributed by atoms with Gasteiger partial charge in [-0.1, -0.05) is 18.2 Å². The number of anilines is 1. The van der Waals surface area contributed by atoms with Gasteiger partial charge in [0.1, 0.15) is 0 Å². The Morgan fingerprint density at radius 1 is 1.16 bits per heavy atom. The number of fused-ring (bicyclic) bond motifs is 2. The molecule has 2 N–H and O–H groups in total. The van der Waals surface area contributed by atoms with Crippen LogP contribution in [0.1, 0.15) is 15.9 Å². The number of aromatic nitrogens is 1. The number of hydrogen-bond acceptors (Lipinski definition) is 4. The summed E-state index contributed by atoms with van der Waals surface area (Å²) in [6, 6.07) is 9.95. The summed E-state index contributed by atoms with van der Waals surface area (Å²) in [5.41, 5.74) is 1.69. The second-order valence-electron chi connectivity index (χ2n) is 5.64. The maximum Gasteiger partial charge on any atom is 0.262 e. The summed E-state index contributed by atoms with van der Waals surface area (Å²) < 4.78 is 28.9. The van der Waals surface area contributed by atoms with Crippen molar-refractivity contribution >= 4 is 48.3 Å². The van der Waals surface area contributed by atoms with Crippen LogP contribution in [0.3, 0.4) is 0 Å². The summed E-state index contributed by atoms with van der Waals surface area (Å²) in [5, 5.41) is 3.98. The van der Waals surface area contributed by atoms with Crippen molar-refractivity contribution in [2.75, 3.05) is 4.72 Å². The molecule has 1 aliphatic rings. The monoisotopic (exact) mass is 417 g/mol. The number of carbonyl (C=O) groups excluding carboxylic acids is 1. The third kappa shape index (κ3) is 2.77. The van der Waals surface area contributed by atoms with Crippen LogP contribution in [-0.4, -0.2) is 19.3 Å². The first-order valence-corrected chi connectivity index (χ1v) is 9.69. The summed E-state index contributed by atoms with van der Waals surface area (Å²) >= 11 is 3.37. The predicted molar refractivity (Wildman–Crippen MR) is 97.9 cm³/mol. The van der Waals surface area contributed by atoms with Crippen molar-refractivity contribution in [1.82, 2.24) is 10.3 Å². The Labute approximate surface area is 152 Å². The molecular weight excluding hydrogens is 406 g/mol. The Morgan fingerprint density at radius 3 is 2.84 bits per heavy atom. The number of carbonyl (C=O) groups is 1. The molecule has 4 rings (SSSR count). The summed E-state index contributed by atoms with van der Waals surface area (Å²) in [6.07, 6.45) is 3.17. The molecule has 1 aromatic heterocycles. The van der Waals surface area contributed by atoms with Crippen LogP contribution in [0.25, 0.3) is 10.8 Å². The average Bonchev–Trinajstić information content (AvgIpc) is 2.95. The molecule has 8 heteroatoms. The molecule has 2 aromatic carbocycles. The van der Waals surface area contributed by atoms with Gasteiger partial charge in [0.2, 0.25) is 0 Å². The number of sulfonamides is 1. The number of pyridine rings is 1. The molecule has 0 bridgehead atoms. The second kappa shape index (κ2) is 5.82. The zero-order valence-electron chi connectivity index (χ0n) is 12.8. The Bertz CT molecular complexity index is 1120. The maximum atomic E-state index is 12.9. The highest BCUT2D eigenvalue weighted by Crippen LogP contribution is 2.31. The lowest BCUT2D eigenvalue weighted by Gasteiger charge is -2.12. The molecule has 0 saturated heterocycles. The van der Waals surface area contributed by atoms with Gasteiger partial charge in [-0.15, -0.1) is 0 Å². The highest BCUT2D eigenvalue weighted by molar-refractivity contribution is 9.10. The molecule has 6 nitrogen and oxygen atoms in total. The number of hydrogen-bond donors (Lipinski definition) is 2. The van der Waals surface area contributed by atoms with Gasteiger partial charge in [-0.2, -0.15) is 0 Å². The van der Waals surface area contributed by atoms with E-state index in [0.29, 0.717) is 33.0 Å². The van der Waals surface area contributed by atoms with E-state index in [1.165, 1.54) is 6.07 Å². The van der Waals surface area contributed by atoms with Crippen molar-refractivity contribution in [3.63, 3.8) is 0 Å². The fraction of sp³-hybridized carbons (Fsp3) is 0.0588. The molecule has 0 atom stereocenters. The number of halogens is 1. The quantitative estimate of drug-likeness (QED) is 0.685. The fourth-order valence-corrected chi connectivity index (χ4v) is 4.86. The van der Waals surface area contributed by atoms with Crippen molar-refractivity contribution in [2.45, 2.75) is 11.4 Å². The normalized spacial score (nSPS) is 13.6. The smallest absolute Gasteiger partial charge is 0.262 e. The third-order valence-electron chi connectivity index (χ3n) is 4.03. The van der Waals surface area contributed by atoms with Crippen molar-refractivity contribution in [3.05, 3.63) is 64.4 Å². The molecule has 0 unspecified atom stereocenters. The van der Waals surface area contributed by atoms with Crippen LogP contribution in [-0.2, 0) is 16.6 Å². The van der Waals surface area contributed by atoms with E-state index < -0.39 is 10.0 Å². The molecule has 1 amide bonds. The predicted octanol–water partition coefficient (Wildman–Crippen LogP) is 3.04. The number of rotatable bonds is 3. The first-order valence-electron chi connectivity index (χ1n) is 7.42. The maximum absolute atomic E-state index is 12.9. The molecule has 2 heterocycles. The van der Waals surface area contributed by atoms with Gasteiger partial charge >= 0.3 is 0 Å².